The zero-order valence-corrected chi connectivity index (χ0v) is 16.6. The highest BCUT2D eigenvalue weighted by atomic mass is 16.3. The number of H-pyrrole nitrogens is 1. The molecule has 2 aliphatic rings. The van der Waals surface area contributed by atoms with Gasteiger partial charge in [0.15, 0.2) is 0 Å². The summed E-state index contributed by atoms with van der Waals surface area (Å²) in [5.74, 6) is -0.106. The van der Waals surface area contributed by atoms with E-state index in [-0.39, 0.29) is 24.3 Å². The summed E-state index contributed by atoms with van der Waals surface area (Å²) in [7, 11) is 0. The normalized spacial score (nSPS) is 22.9. The van der Waals surface area contributed by atoms with Crippen molar-refractivity contribution in [3.8, 4) is 0 Å². The number of carbonyl (C=O) groups is 3. The molecule has 2 aromatic heterocycles. The predicted molar refractivity (Wildman–Crippen MR) is 107 cm³/mol. The van der Waals surface area contributed by atoms with Crippen LogP contribution >= 0.6 is 0 Å². The van der Waals surface area contributed by atoms with Gasteiger partial charge in [0.1, 0.15) is 5.54 Å². The fourth-order valence-corrected chi connectivity index (χ4v) is 4.27. The van der Waals surface area contributed by atoms with Gasteiger partial charge < -0.3 is 15.7 Å². The summed E-state index contributed by atoms with van der Waals surface area (Å²) < 4.78 is 0. The van der Waals surface area contributed by atoms with Crippen LogP contribution in [0.1, 0.15) is 41.6 Å². The van der Waals surface area contributed by atoms with Crippen molar-refractivity contribution in [2.45, 2.75) is 43.8 Å². The van der Waals surface area contributed by atoms with Crippen LogP contribution in [0.15, 0.2) is 36.9 Å². The van der Waals surface area contributed by atoms with Crippen molar-refractivity contribution in [3.63, 3.8) is 0 Å². The van der Waals surface area contributed by atoms with E-state index in [1.807, 2.05) is 12.1 Å². The molecular formula is C20H26N6O4. The first-order valence-electron chi connectivity index (χ1n) is 9.89. The zero-order valence-electron chi connectivity index (χ0n) is 16.6. The summed E-state index contributed by atoms with van der Waals surface area (Å²) in [6.45, 7) is 1.80. The topological polar surface area (TPSA) is 140 Å². The molecule has 0 unspecified atom stereocenters. The zero-order chi connectivity index (χ0) is 21.4. The highest BCUT2D eigenvalue weighted by Gasteiger charge is 2.52. The van der Waals surface area contributed by atoms with E-state index < -0.39 is 5.54 Å². The number of carboxylic acid groups (broad SMARTS) is 1. The van der Waals surface area contributed by atoms with Crippen molar-refractivity contribution in [1.82, 2.24) is 30.7 Å². The van der Waals surface area contributed by atoms with E-state index in [2.05, 4.69) is 30.7 Å². The Morgan fingerprint density at radius 2 is 2.20 bits per heavy atom. The Hall–Kier alpha value is -3.27. The average Bonchev–Trinajstić information content (AvgIpc) is 3.41. The van der Waals surface area contributed by atoms with E-state index in [9.17, 15) is 9.59 Å². The summed E-state index contributed by atoms with van der Waals surface area (Å²) >= 11 is 0. The van der Waals surface area contributed by atoms with E-state index in [4.69, 9.17) is 9.90 Å². The van der Waals surface area contributed by atoms with Crippen molar-refractivity contribution in [1.29, 1.82) is 0 Å². The Balaban J connectivity index is 0.000000806. The van der Waals surface area contributed by atoms with Gasteiger partial charge in [-0.25, -0.2) is 0 Å². The number of aromatic amines is 1. The molecule has 2 aromatic rings. The van der Waals surface area contributed by atoms with Gasteiger partial charge >= 0.3 is 0 Å². The fourth-order valence-electron chi connectivity index (χ4n) is 4.27. The van der Waals surface area contributed by atoms with E-state index >= 15 is 0 Å². The van der Waals surface area contributed by atoms with Crippen molar-refractivity contribution in [2.75, 3.05) is 13.1 Å². The minimum Gasteiger partial charge on any atom is -0.483 e. The van der Waals surface area contributed by atoms with Gasteiger partial charge in [-0.05, 0) is 43.9 Å². The van der Waals surface area contributed by atoms with Crippen LogP contribution in [0.3, 0.4) is 0 Å². The molecule has 2 atom stereocenters. The minimum atomic E-state index is -0.533. The molecule has 2 aliphatic heterocycles. The molecule has 160 valence electrons. The molecule has 0 spiro atoms. The van der Waals surface area contributed by atoms with E-state index in [0.717, 1.165) is 31.4 Å². The lowest BCUT2D eigenvalue weighted by Gasteiger charge is -2.40. The molecule has 0 radical (unpaired) electrons. The van der Waals surface area contributed by atoms with Gasteiger partial charge in [0, 0.05) is 37.7 Å². The molecule has 2 fully saturated rings. The Morgan fingerprint density at radius 3 is 2.90 bits per heavy atom. The van der Waals surface area contributed by atoms with Crippen LogP contribution in [0.2, 0.25) is 0 Å². The predicted octanol–water partition coefficient (Wildman–Crippen LogP) is 0.549. The third-order valence-electron chi connectivity index (χ3n) is 5.59. The summed E-state index contributed by atoms with van der Waals surface area (Å²) in [4.78, 5) is 40.2. The maximum absolute atomic E-state index is 13.1. The van der Waals surface area contributed by atoms with Crippen LogP contribution in [0.5, 0.6) is 0 Å². The van der Waals surface area contributed by atoms with Gasteiger partial charge in [0.25, 0.3) is 12.4 Å². The van der Waals surface area contributed by atoms with Gasteiger partial charge in [-0.1, -0.05) is 6.07 Å². The van der Waals surface area contributed by atoms with Gasteiger partial charge in [0.2, 0.25) is 5.91 Å². The number of aromatic nitrogens is 3. The number of amides is 2. The number of hydrogen-bond acceptors (Lipinski definition) is 6. The molecule has 30 heavy (non-hydrogen) atoms. The van der Waals surface area contributed by atoms with Crippen molar-refractivity contribution in [3.05, 3.63) is 48.0 Å². The van der Waals surface area contributed by atoms with Crippen LogP contribution in [0.4, 0.5) is 0 Å². The number of fused-ring (bicyclic) bond motifs is 1. The van der Waals surface area contributed by atoms with Crippen molar-refractivity contribution >= 4 is 18.3 Å². The summed E-state index contributed by atoms with van der Waals surface area (Å²) in [5.41, 5.74) is 0.955. The number of hydrogen-bond donors (Lipinski definition) is 4. The minimum absolute atomic E-state index is 0.0466. The van der Waals surface area contributed by atoms with Gasteiger partial charge in [-0.3, -0.25) is 29.4 Å². The van der Waals surface area contributed by atoms with Crippen molar-refractivity contribution in [2.24, 2.45) is 0 Å². The molecule has 2 saturated heterocycles. The molecule has 4 N–H and O–H groups in total. The van der Waals surface area contributed by atoms with Crippen LogP contribution < -0.4 is 10.6 Å². The third kappa shape index (κ3) is 4.82. The SMILES string of the molecule is O=C(N[C@@H]1CN2CCCC[C@@]2(C(=O)NCc2cccnc2)C1)c1cn[nH]c1.O=CO. The van der Waals surface area contributed by atoms with Crippen LogP contribution in [0.25, 0.3) is 0 Å². The first-order valence-corrected chi connectivity index (χ1v) is 9.89. The average molecular weight is 414 g/mol. The van der Waals surface area contributed by atoms with Crippen LogP contribution in [0, 0.1) is 0 Å². The molecule has 0 saturated carbocycles. The lowest BCUT2D eigenvalue weighted by molar-refractivity contribution is -0.134. The van der Waals surface area contributed by atoms with Crippen LogP contribution in [-0.4, -0.2) is 68.1 Å². The van der Waals surface area contributed by atoms with E-state index in [1.165, 1.54) is 6.20 Å². The largest absolute Gasteiger partial charge is 0.483 e. The first-order chi connectivity index (χ1) is 14.6. The second-order valence-electron chi connectivity index (χ2n) is 7.45. The lowest BCUT2D eigenvalue weighted by atomic mass is 9.84. The molecular weight excluding hydrogens is 388 g/mol. The molecule has 10 nitrogen and oxygen atoms in total. The maximum Gasteiger partial charge on any atom is 0.290 e. The highest BCUT2D eigenvalue weighted by Crippen LogP contribution is 2.38. The quantitative estimate of drug-likeness (QED) is 0.524. The number of nitrogens with one attached hydrogen (secondary N) is 3. The second-order valence-corrected chi connectivity index (χ2v) is 7.45. The van der Waals surface area contributed by atoms with E-state index in [0.29, 0.717) is 25.1 Å². The standard InChI is InChI=1S/C19H24N6O2.CH2O2/c26-17(15-11-22-23-12-15)24-16-8-19(5-1-2-7-25(19)13-16)18(27)21-10-14-4-3-6-20-9-14;2-1-3/h3-4,6,9,11-12,16H,1-2,5,7-8,10,13H2,(H,21,27)(H,22,23)(H,24,26);1H,(H,2,3)/t16-,19-;/m0./s1. The van der Waals surface area contributed by atoms with Gasteiger partial charge in [0.05, 0.1) is 11.8 Å². The molecule has 4 rings (SSSR count). The molecule has 0 aromatic carbocycles. The van der Waals surface area contributed by atoms with Crippen molar-refractivity contribution < 1.29 is 19.5 Å². The number of nitrogens with zero attached hydrogens (tertiary/aromatic N) is 3. The number of rotatable bonds is 5. The maximum atomic E-state index is 13.1. The van der Waals surface area contributed by atoms with Gasteiger partial charge in [-0.15, -0.1) is 0 Å². The van der Waals surface area contributed by atoms with Crippen LogP contribution in [-0.2, 0) is 16.1 Å². The smallest absolute Gasteiger partial charge is 0.290 e. The number of carbonyl (C=O) groups excluding carboxylic acids is 2. The number of piperidine rings is 1. The molecule has 0 aliphatic carbocycles. The third-order valence-corrected chi connectivity index (χ3v) is 5.59. The summed E-state index contributed by atoms with van der Waals surface area (Å²) in [6, 6.07) is 3.77. The number of pyridine rings is 1. The van der Waals surface area contributed by atoms with E-state index in [1.54, 1.807) is 18.6 Å². The lowest BCUT2D eigenvalue weighted by Crippen LogP contribution is -2.57. The summed E-state index contributed by atoms with van der Waals surface area (Å²) in [5, 5.41) is 19.5. The van der Waals surface area contributed by atoms with Gasteiger partial charge in [-0.2, -0.15) is 5.10 Å². The summed E-state index contributed by atoms with van der Waals surface area (Å²) in [6.07, 6.45) is 10.1. The fraction of sp³-hybridized carbons (Fsp3) is 0.450. The Kier molecular flexibility index (Phi) is 7.12. The monoisotopic (exact) mass is 414 g/mol. The Morgan fingerprint density at radius 1 is 1.37 bits per heavy atom. The Bertz CT molecular complexity index is 844. The molecule has 4 heterocycles. The molecule has 0 bridgehead atoms. The second kappa shape index (κ2) is 9.97. The first kappa shape index (κ1) is 21.4. The molecule has 2 amide bonds. The highest BCUT2D eigenvalue weighted by molar-refractivity contribution is 5.94. The molecule has 10 heteroatoms. The Labute approximate surface area is 174 Å².